The average molecular weight is 431 g/mol. The number of rotatable bonds is 13. The molecule has 0 aliphatic carbocycles. The van der Waals surface area contributed by atoms with Crippen LogP contribution in [-0.2, 0) is 19.2 Å². The van der Waals surface area contributed by atoms with Crippen LogP contribution in [0.15, 0.2) is 0 Å². The van der Waals surface area contributed by atoms with Gasteiger partial charge in [0.2, 0.25) is 17.7 Å². The molecule has 0 spiro atoms. The van der Waals surface area contributed by atoms with Crippen molar-refractivity contribution in [1.82, 2.24) is 16.0 Å². The number of carbonyl (C=O) groups excluding carboxylic acids is 3. The number of hydrogen-bond acceptors (Lipinski definition) is 6. The van der Waals surface area contributed by atoms with E-state index in [-0.39, 0.29) is 17.8 Å². The van der Waals surface area contributed by atoms with Gasteiger partial charge < -0.3 is 31.9 Å². The van der Waals surface area contributed by atoms with Crippen molar-refractivity contribution in [2.24, 2.45) is 23.5 Å². The molecule has 0 heterocycles. The summed E-state index contributed by atoms with van der Waals surface area (Å²) in [6, 6.07) is -4.19. The van der Waals surface area contributed by atoms with Crippen LogP contribution in [-0.4, -0.2) is 64.7 Å². The third-order valence-electron chi connectivity index (χ3n) is 5.40. The Bertz CT molecular complexity index is 598. The van der Waals surface area contributed by atoms with Gasteiger partial charge in [-0.3, -0.25) is 14.4 Å². The van der Waals surface area contributed by atoms with Crippen molar-refractivity contribution in [2.75, 3.05) is 6.61 Å². The summed E-state index contributed by atoms with van der Waals surface area (Å²) in [6.07, 6.45) is 1.24. The van der Waals surface area contributed by atoms with Gasteiger partial charge in [-0.2, -0.15) is 0 Å². The quantitative estimate of drug-likeness (QED) is 0.231. The minimum Gasteiger partial charge on any atom is -0.480 e. The van der Waals surface area contributed by atoms with Crippen LogP contribution in [0, 0.1) is 17.8 Å². The second kappa shape index (κ2) is 13.2. The summed E-state index contributed by atoms with van der Waals surface area (Å²) in [5, 5.41) is 25.7. The molecule has 0 aromatic carbocycles. The fourth-order valence-corrected chi connectivity index (χ4v) is 2.69. The zero-order chi connectivity index (χ0) is 23.6. The zero-order valence-corrected chi connectivity index (χ0v) is 18.8. The first-order valence-corrected chi connectivity index (χ1v) is 10.4. The van der Waals surface area contributed by atoms with Gasteiger partial charge in [-0.05, 0) is 17.8 Å². The van der Waals surface area contributed by atoms with Crippen LogP contribution in [0.5, 0.6) is 0 Å². The van der Waals surface area contributed by atoms with Crippen molar-refractivity contribution >= 4 is 23.7 Å². The maximum atomic E-state index is 12.9. The molecule has 0 rings (SSSR count). The molecule has 0 radical (unpaired) electrons. The maximum absolute atomic E-state index is 12.9. The third kappa shape index (κ3) is 8.27. The summed E-state index contributed by atoms with van der Waals surface area (Å²) in [5.74, 6) is -3.77. The van der Waals surface area contributed by atoms with E-state index in [2.05, 4.69) is 16.0 Å². The van der Waals surface area contributed by atoms with Crippen molar-refractivity contribution in [2.45, 2.75) is 78.6 Å². The second-order valence-electron chi connectivity index (χ2n) is 8.10. The molecular formula is C20H38N4O6. The van der Waals surface area contributed by atoms with E-state index in [4.69, 9.17) is 15.9 Å². The molecule has 174 valence electrons. The monoisotopic (exact) mass is 430 g/mol. The van der Waals surface area contributed by atoms with Gasteiger partial charge in [-0.1, -0.05) is 54.4 Å². The molecule has 6 unspecified atom stereocenters. The normalized spacial score (nSPS) is 17.2. The minimum absolute atomic E-state index is 0.0639. The molecule has 0 aliphatic heterocycles. The molecule has 0 saturated carbocycles. The van der Waals surface area contributed by atoms with E-state index >= 15 is 0 Å². The molecular weight excluding hydrogens is 392 g/mol. The minimum atomic E-state index is -1.48. The van der Waals surface area contributed by atoms with Crippen molar-refractivity contribution < 1.29 is 29.4 Å². The van der Waals surface area contributed by atoms with Crippen LogP contribution in [0.3, 0.4) is 0 Å². The Labute approximate surface area is 178 Å². The summed E-state index contributed by atoms with van der Waals surface area (Å²) in [4.78, 5) is 49.0. The molecule has 0 saturated heterocycles. The Hall–Kier alpha value is -2.20. The van der Waals surface area contributed by atoms with Crippen LogP contribution < -0.4 is 21.7 Å². The van der Waals surface area contributed by atoms with Crippen molar-refractivity contribution in [3.8, 4) is 0 Å². The van der Waals surface area contributed by atoms with Gasteiger partial charge in [0.25, 0.3) is 0 Å². The lowest BCUT2D eigenvalue weighted by Gasteiger charge is -2.29. The average Bonchev–Trinajstić information content (AvgIpc) is 2.70. The number of nitrogens with one attached hydrogen (secondary N) is 3. The molecule has 10 nitrogen and oxygen atoms in total. The molecule has 6 atom stereocenters. The largest absolute Gasteiger partial charge is 0.480 e. The van der Waals surface area contributed by atoms with E-state index in [0.29, 0.717) is 12.8 Å². The predicted octanol–water partition coefficient (Wildman–Crippen LogP) is -0.407. The highest BCUT2D eigenvalue weighted by Gasteiger charge is 2.34. The molecule has 0 aliphatic rings. The van der Waals surface area contributed by atoms with Gasteiger partial charge in [0, 0.05) is 0 Å². The Kier molecular flexibility index (Phi) is 12.2. The first-order chi connectivity index (χ1) is 13.9. The third-order valence-corrected chi connectivity index (χ3v) is 5.40. The van der Waals surface area contributed by atoms with Crippen LogP contribution >= 0.6 is 0 Å². The number of aliphatic carboxylic acids is 1. The summed E-state index contributed by atoms with van der Waals surface area (Å²) < 4.78 is 0. The summed E-state index contributed by atoms with van der Waals surface area (Å²) >= 11 is 0. The number of carboxylic acids is 1. The topological polar surface area (TPSA) is 171 Å². The SMILES string of the molecule is CCC(C)C(N)C(=O)NC(C(=O)NC(C(=O)NC(CO)C(=O)O)C(C)CC)C(C)C. The highest BCUT2D eigenvalue weighted by atomic mass is 16.4. The zero-order valence-electron chi connectivity index (χ0n) is 18.8. The van der Waals surface area contributed by atoms with Gasteiger partial charge in [0.15, 0.2) is 0 Å². The highest BCUT2D eigenvalue weighted by molar-refractivity contribution is 5.94. The molecule has 3 amide bonds. The van der Waals surface area contributed by atoms with Gasteiger partial charge in [-0.25, -0.2) is 4.79 Å². The van der Waals surface area contributed by atoms with Crippen LogP contribution in [0.2, 0.25) is 0 Å². The lowest BCUT2D eigenvalue weighted by molar-refractivity contribution is -0.143. The number of carboxylic acid groups (broad SMARTS) is 1. The number of nitrogens with two attached hydrogens (primary N) is 1. The number of aliphatic hydroxyl groups is 1. The molecule has 0 bridgehead atoms. The van der Waals surface area contributed by atoms with E-state index in [1.807, 2.05) is 20.8 Å². The Morgan fingerprint density at radius 2 is 1.27 bits per heavy atom. The Morgan fingerprint density at radius 1 is 0.800 bits per heavy atom. The lowest BCUT2D eigenvalue weighted by Crippen LogP contribution is -2.60. The molecule has 10 heteroatoms. The predicted molar refractivity (Wildman–Crippen MR) is 112 cm³/mol. The van der Waals surface area contributed by atoms with E-state index in [1.54, 1.807) is 20.8 Å². The van der Waals surface area contributed by atoms with Gasteiger partial charge in [0.05, 0.1) is 12.6 Å². The van der Waals surface area contributed by atoms with E-state index < -0.39 is 54.5 Å². The second-order valence-corrected chi connectivity index (χ2v) is 8.10. The maximum Gasteiger partial charge on any atom is 0.328 e. The standard InChI is InChI=1S/C20H38N4O6/c1-7-11(5)14(21)17(26)23-15(10(3)4)18(27)24-16(12(6)8-2)19(28)22-13(9-25)20(29)30/h10-16,25H,7-9,21H2,1-6H3,(H,22,28)(H,23,26)(H,24,27)(H,29,30). The van der Waals surface area contributed by atoms with E-state index in [9.17, 15) is 19.2 Å². The fourth-order valence-electron chi connectivity index (χ4n) is 2.69. The van der Waals surface area contributed by atoms with Crippen LogP contribution in [0.25, 0.3) is 0 Å². The van der Waals surface area contributed by atoms with Crippen molar-refractivity contribution in [1.29, 1.82) is 0 Å². The number of amides is 3. The number of carbonyl (C=O) groups is 4. The smallest absolute Gasteiger partial charge is 0.328 e. The molecule has 7 N–H and O–H groups in total. The Balaban J connectivity index is 5.44. The number of aliphatic hydroxyl groups excluding tert-OH is 1. The van der Waals surface area contributed by atoms with Crippen LogP contribution in [0.1, 0.15) is 54.4 Å². The highest BCUT2D eigenvalue weighted by Crippen LogP contribution is 2.12. The van der Waals surface area contributed by atoms with Crippen molar-refractivity contribution in [3.05, 3.63) is 0 Å². The summed E-state index contributed by atoms with van der Waals surface area (Å²) in [5.41, 5.74) is 5.95. The van der Waals surface area contributed by atoms with Crippen LogP contribution in [0.4, 0.5) is 0 Å². The molecule has 0 fully saturated rings. The molecule has 30 heavy (non-hydrogen) atoms. The van der Waals surface area contributed by atoms with E-state index in [0.717, 1.165) is 0 Å². The lowest BCUT2D eigenvalue weighted by atomic mass is 9.95. The first-order valence-electron chi connectivity index (χ1n) is 10.4. The van der Waals surface area contributed by atoms with Gasteiger partial charge in [0.1, 0.15) is 18.1 Å². The van der Waals surface area contributed by atoms with Gasteiger partial charge >= 0.3 is 5.97 Å². The first kappa shape index (κ1) is 27.8. The fraction of sp³-hybridized carbons (Fsp3) is 0.800. The Morgan fingerprint density at radius 3 is 1.67 bits per heavy atom. The summed E-state index contributed by atoms with van der Waals surface area (Å²) in [6.45, 7) is 10.1. The molecule has 0 aromatic rings. The van der Waals surface area contributed by atoms with Crippen molar-refractivity contribution in [3.63, 3.8) is 0 Å². The number of hydrogen-bond donors (Lipinski definition) is 6. The van der Waals surface area contributed by atoms with E-state index in [1.165, 1.54) is 0 Å². The summed E-state index contributed by atoms with van der Waals surface area (Å²) in [7, 11) is 0. The van der Waals surface area contributed by atoms with Gasteiger partial charge in [-0.15, -0.1) is 0 Å². The molecule has 0 aromatic heterocycles.